The summed E-state index contributed by atoms with van der Waals surface area (Å²) in [4.78, 5) is 15.7. The number of benzene rings is 1. The molecule has 2 aromatic rings. The Morgan fingerprint density at radius 1 is 1.45 bits per heavy atom. The summed E-state index contributed by atoms with van der Waals surface area (Å²) in [6.45, 7) is 1.78. The molecule has 0 aliphatic carbocycles. The van der Waals surface area contributed by atoms with Gasteiger partial charge in [-0.2, -0.15) is 0 Å². The number of carbonyl (C=O) groups is 1. The van der Waals surface area contributed by atoms with Crippen LogP contribution in [0.25, 0.3) is 11.5 Å². The summed E-state index contributed by atoms with van der Waals surface area (Å²) in [5.74, 6) is -0.244. The molecule has 2 rings (SSSR count). The quantitative estimate of drug-likeness (QED) is 0.869. The minimum atomic E-state index is -0.592. The standard InChI is InChI=1S/C14H15FN2O3/c1-9(18)7-16-13(19)6-12-8-20-14(17-12)10-2-4-11(15)5-3-10/h2-5,8-9,18H,6-7H2,1H3,(H,16,19). The van der Waals surface area contributed by atoms with Crippen LogP contribution in [0.15, 0.2) is 34.9 Å². The summed E-state index contributed by atoms with van der Waals surface area (Å²) in [6.07, 6.45) is 0.865. The Kier molecular flexibility index (Phi) is 4.47. The van der Waals surface area contributed by atoms with Crippen LogP contribution < -0.4 is 5.32 Å². The van der Waals surface area contributed by atoms with E-state index in [1.807, 2.05) is 0 Å². The number of nitrogens with one attached hydrogen (secondary N) is 1. The number of halogens is 1. The summed E-state index contributed by atoms with van der Waals surface area (Å²) in [7, 11) is 0. The molecule has 1 unspecified atom stereocenters. The van der Waals surface area contributed by atoms with E-state index in [-0.39, 0.29) is 24.7 Å². The van der Waals surface area contributed by atoms with E-state index >= 15 is 0 Å². The van der Waals surface area contributed by atoms with Crippen LogP contribution in [-0.2, 0) is 11.2 Å². The van der Waals surface area contributed by atoms with Gasteiger partial charge in [-0.3, -0.25) is 4.79 Å². The van der Waals surface area contributed by atoms with Crippen molar-refractivity contribution in [3.63, 3.8) is 0 Å². The predicted octanol–water partition coefficient (Wildman–Crippen LogP) is 1.52. The van der Waals surface area contributed by atoms with E-state index in [1.54, 1.807) is 19.1 Å². The van der Waals surface area contributed by atoms with Gasteiger partial charge in [-0.1, -0.05) is 0 Å². The van der Waals surface area contributed by atoms with Gasteiger partial charge in [0.25, 0.3) is 0 Å². The molecule has 0 radical (unpaired) electrons. The van der Waals surface area contributed by atoms with Crippen molar-refractivity contribution < 1.29 is 18.7 Å². The van der Waals surface area contributed by atoms with E-state index in [0.717, 1.165) is 0 Å². The highest BCUT2D eigenvalue weighted by Crippen LogP contribution is 2.19. The SMILES string of the molecule is CC(O)CNC(=O)Cc1coc(-c2ccc(F)cc2)n1. The molecule has 0 saturated carbocycles. The molecule has 0 saturated heterocycles. The molecule has 0 aliphatic rings. The zero-order valence-corrected chi connectivity index (χ0v) is 11.0. The second-order valence-corrected chi connectivity index (χ2v) is 4.48. The van der Waals surface area contributed by atoms with Gasteiger partial charge in [-0.05, 0) is 31.2 Å². The lowest BCUT2D eigenvalue weighted by atomic mass is 10.2. The van der Waals surface area contributed by atoms with Crippen LogP contribution in [0.1, 0.15) is 12.6 Å². The van der Waals surface area contributed by atoms with Gasteiger partial charge in [-0.25, -0.2) is 9.37 Å². The zero-order valence-electron chi connectivity index (χ0n) is 11.0. The van der Waals surface area contributed by atoms with E-state index < -0.39 is 6.10 Å². The smallest absolute Gasteiger partial charge is 0.226 e. The Morgan fingerprint density at radius 2 is 2.15 bits per heavy atom. The van der Waals surface area contributed by atoms with E-state index in [1.165, 1.54) is 18.4 Å². The van der Waals surface area contributed by atoms with Gasteiger partial charge in [0.05, 0.1) is 18.2 Å². The Balaban J connectivity index is 1.98. The zero-order chi connectivity index (χ0) is 14.5. The van der Waals surface area contributed by atoms with Crippen LogP contribution in [0.2, 0.25) is 0 Å². The molecule has 2 N–H and O–H groups in total. The number of hydrogen-bond acceptors (Lipinski definition) is 4. The molecule has 6 heteroatoms. The van der Waals surface area contributed by atoms with Crippen molar-refractivity contribution in [2.75, 3.05) is 6.54 Å². The molecule has 1 heterocycles. The monoisotopic (exact) mass is 278 g/mol. The highest BCUT2D eigenvalue weighted by Gasteiger charge is 2.10. The average molecular weight is 278 g/mol. The number of nitrogens with zero attached hydrogens (tertiary/aromatic N) is 1. The van der Waals surface area contributed by atoms with Crippen LogP contribution in [0.3, 0.4) is 0 Å². The predicted molar refractivity (Wildman–Crippen MR) is 70.3 cm³/mol. The molecule has 0 fully saturated rings. The van der Waals surface area contributed by atoms with Gasteiger partial charge >= 0.3 is 0 Å². The molecule has 20 heavy (non-hydrogen) atoms. The fraction of sp³-hybridized carbons (Fsp3) is 0.286. The van der Waals surface area contributed by atoms with Crippen LogP contribution in [0.4, 0.5) is 4.39 Å². The maximum Gasteiger partial charge on any atom is 0.226 e. The third-order valence-electron chi connectivity index (χ3n) is 2.58. The molecular weight excluding hydrogens is 263 g/mol. The molecule has 0 aliphatic heterocycles. The molecule has 106 valence electrons. The van der Waals surface area contributed by atoms with Gasteiger partial charge in [-0.15, -0.1) is 0 Å². The normalized spacial score (nSPS) is 12.2. The summed E-state index contributed by atoms with van der Waals surface area (Å²) < 4.78 is 18.1. The second-order valence-electron chi connectivity index (χ2n) is 4.48. The van der Waals surface area contributed by atoms with Gasteiger partial charge in [0, 0.05) is 12.1 Å². The molecule has 1 amide bonds. The maximum atomic E-state index is 12.8. The Morgan fingerprint density at radius 3 is 2.80 bits per heavy atom. The lowest BCUT2D eigenvalue weighted by molar-refractivity contribution is -0.120. The first-order chi connectivity index (χ1) is 9.54. The van der Waals surface area contributed by atoms with Gasteiger partial charge in [0.15, 0.2) is 0 Å². The number of hydrogen-bond donors (Lipinski definition) is 2. The summed E-state index contributed by atoms with van der Waals surface area (Å²) in [5.41, 5.74) is 1.12. The Hall–Kier alpha value is -2.21. The molecule has 0 bridgehead atoms. The summed E-state index contributed by atoms with van der Waals surface area (Å²) in [6, 6.07) is 5.74. The van der Waals surface area contributed by atoms with Crippen molar-refractivity contribution in [2.24, 2.45) is 0 Å². The Bertz CT molecular complexity index is 578. The number of aliphatic hydroxyl groups excluding tert-OH is 1. The number of amides is 1. The maximum absolute atomic E-state index is 12.8. The fourth-order valence-corrected chi connectivity index (χ4v) is 1.60. The Labute approximate surface area is 115 Å². The van der Waals surface area contributed by atoms with Crippen LogP contribution in [0, 0.1) is 5.82 Å². The molecule has 1 aromatic carbocycles. The molecule has 0 spiro atoms. The van der Waals surface area contributed by atoms with Crippen molar-refractivity contribution in [1.29, 1.82) is 0 Å². The second kappa shape index (κ2) is 6.29. The minimum Gasteiger partial charge on any atom is -0.444 e. The molecule has 1 aromatic heterocycles. The van der Waals surface area contributed by atoms with Gasteiger partial charge in [0.1, 0.15) is 12.1 Å². The summed E-state index contributed by atoms with van der Waals surface area (Å²) in [5, 5.41) is 11.6. The highest BCUT2D eigenvalue weighted by atomic mass is 19.1. The first-order valence-corrected chi connectivity index (χ1v) is 6.19. The van der Waals surface area contributed by atoms with Crippen molar-refractivity contribution >= 4 is 5.91 Å². The third-order valence-corrected chi connectivity index (χ3v) is 2.58. The van der Waals surface area contributed by atoms with E-state index in [0.29, 0.717) is 17.1 Å². The number of aliphatic hydroxyl groups is 1. The van der Waals surface area contributed by atoms with Crippen LogP contribution in [0.5, 0.6) is 0 Å². The van der Waals surface area contributed by atoms with E-state index in [4.69, 9.17) is 9.52 Å². The van der Waals surface area contributed by atoms with E-state index in [2.05, 4.69) is 10.3 Å². The lowest BCUT2D eigenvalue weighted by Crippen LogP contribution is -2.31. The van der Waals surface area contributed by atoms with Crippen LogP contribution in [-0.4, -0.2) is 28.6 Å². The molecular formula is C14H15FN2O3. The number of oxazole rings is 1. The van der Waals surface area contributed by atoms with Crippen molar-refractivity contribution in [1.82, 2.24) is 10.3 Å². The third kappa shape index (κ3) is 3.89. The number of rotatable bonds is 5. The highest BCUT2D eigenvalue weighted by molar-refractivity contribution is 5.78. The van der Waals surface area contributed by atoms with Gasteiger partial charge < -0.3 is 14.8 Å². The van der Waals surface area contributed by atoms with Gasteiger partial charge in [0.2, 0.25) is 11.8 Å². The van der Waals surface area contributed by atoms with Crippen molar-refractivity contribution in [3.8, 4) is 11.5 Å². The lowest BCUT2D eigenvalue weighted by Gasteiger charge is -2.05. The fourth-order valence-electron chi connectivity index (χ4n) is 1.60. The molecule has 1 atom stereocenters. The largest absolute Gasteiger partial charge is 0.444 e. The summed E-state index contributed by atoms with van der Waals surface area (Å²) >= 11 is 0. The van der Waals surface area contributed by atoms with Crippen LogP contribution >= 0.6 is 0 Å². The molecule has 5 nitrogen and oxygen atoms in total. The minimum absolute atomic E-state index is 0.0669. The first-order valence-electron chi connectivity index (χ1n) is 6.19. The van der Waals surface area contributed by atoms with Crippen molar-refractivity contribution in [2.45, 2.75) is 19.4 Å². The van der Waals surface area contributed by atoms with E-state index in [9.17, 15) is 9.18 Å². The number of aromatic nitrogens is 1. The van der Waals surface area contributed by atoms with Crippen molar-refractivity contribution in [3.05, 3.63) is 42.0 Å². The number of carbonyl (C=O) groups excluding carboxylic acids is 1. The average Bonchev–Trinajstić information content (AvgIpc) is 2.85. The topological polar surface area (TPSA) is 75.4 Å². The first kappa shape index (κ1) is 14.2.